The van der Waals surface area contributed by atoms with E-state index in [0.29, 0.717) is 5.95 Å². The first-order valence-corrected chi connectivity index (χ1v) is 11.0. The van der Waals surface area contributed by atoms with E-state index in [-0.39, 0.29) is 5.41 Å². The van der Waals surface area contributed by atoms with Crippen LogP contribution in [0.1, 0.15) is 25.0 Å². The summed E-state index contributed by atoms with van der Waals surface area (Å²) in [6.45, 7) is 4.67. The summed E-state index contributed by atoms with van der Waals surface area (Å²) in [6, 6.07) is 28.6. The molecule has 0 saturated heterocycles. The van der Waals surface area contributed by atoms with Crippen LogP contribution >= 0.6 is 0 Å². The summed E-state index contributed by atoms with van der Waals surface area (Å²) >= 11 is 0. The maximum atomic E-state index is 4.56. The van der Waals surface area contributed by atoms with Crippen molar-refractivity contribution >= 4 is 32.6 Å². The summed E-state index contributed by atoms with van der Waals surface area (Å²) < 4.78 is 2.18. The van der Waals surface area contributed by atoms with Gasteiger partial charge in [0.2, 0.25) is 5.95 Å². The highest BCUT2D eigenvalue weighted by Gasteiger charge is 2.35. The van der Waals surface area contributed by atoms with Gasteiger partial charge < -0.3 is 0 Å². The smallest absolute Gasteiger partial charge is 0.234 e. The van der Waals surface area contributed by atoms with E-state index < -0.39 is 0 Å². The molecule has 2 aromatic heterocycles. The van der Waals surface area contributed by atoms with Crippen LogP contribution < -0.4 is 0 Å². The molecule has 0 unspecified atom stereocenters. The molecule has 0 fully saturated rings. The molecule has 4 aromatic carbocycles. The molecule has 152 valence electrons. The molecular weight excluding hydrogens is 390 g/mol. The molecule has 3 nitrogen and oxygen atoms in total. The molecule has 0 N–H and O–H groups in total. The number of rotatable bonds is 1. The lowest BCUT2D eigenvalue weighted by Crippen LogP contribution is -2.14. The lowest BCUT2D eigenvalue weighted by molar-refractivity contribution is 0.661. The molecule has 0 bridgehead atoms. The van der Waals surface area contributed by atoms with Gasteiger partial charge in [0.25, 0.3) is 0 Å². The van der Waals surface area contributed by atoms with Crippen LogP contribution in [0.4, 0.5) is 0 Å². The maximum absolute atomic E-state index is 4.56. The Kier molecular flexibility index (Phi) is 3.34. The average molecular weight is 412 g/mol. The van der Waals surface area contributed by atoms with Crippen molar-refractivity contribution < 1.29 is 0 Å². The van der Waals surface area contributed by atoms with Crippen LogP contribution in [0.3, 0.4) is 0 Å². The first-order chi connectivity index (χ1) is 15.6. The molecule has 0 amide bonds. The van der Waals surface area contributed by atoms with Crippen molar-refractivity contribution in [1.29, 1.82) is 0 Å². The van der Waals surface area contributed by atoms with E-state index in [1.807, 2.05) is 6.07 Å². The quantitative estimate of drug-likeness (QED) is 0.291. The van der Waals surface area contributed by atoms with E-state index in [1.54, 1.807) is 12.4 Å². The van der Waals surface area contributed by atoms with Gasteiger partial charge in [0.05, 0.1) is 11.0 Å². The van der Waals surface area contributed by atoms with E-state index in [4.69, 9.17) is 0 Å². The molecule has 1 aliphatic carbocycles. The lowest BCUT2D eigenvalue weighted by atomic mass is 9.82. The largest absolute Gasteiger partial charge is 0.278 e. The van der Waals surface area contributed by atoms with Crippen LogP contribution in [-0.2, 0) is 5.41 Å². The van der Waals surface area contributed by atoms with Gasteiger partial charge in [-0.05, 0) is 69.4 Å². The van der Waals surface area contributed by atoms with Gasteiger partial charge in [-0.2, -0.15) is 0 Å². The second-order valence-corrected chi connectivity index (χ2v) is 9.19. The Balaban J connectivity index is 1.61. The standard InChI is InChI=1S/C29H21N3/c1-29(2)24-10-5-3-8-20(24)22-14-19-17-27-23(15-18(19)16-25(22)29)21-9-4-6-11-26(21)32(27)28-30-12-7-13-31-28/h3-17H,1-2H3. The first-order valence-electron chi connectivity index (χ1n) is 11.0. The van der Waals surface area contributed by atoms with Gasteiger partial charge in [-0.15, -0.1) is 0 Å². The number of para-hydroxylation sites is 1. The van der Waals surface area contributed by atoms with Gasteiger partial charge >= 0.3 is 0 Å². The fraction of sp³-hybridized carbons (Fsp3) is 0.103. The third-order valence-corrected chi connectivity index (χ3v) is 7.08. The van der Waals surface area contributed by atoms with E-state index >= 15 is 0 Å². The molecule has 0 saturated carbocycles. The minimum atomic E-state index is 0.000944. The van der Waals surface area contributed by atoms with Crippen molar-refractivity contribution in [3.05, 3.63) is 102 Å². The van der Waals surface area contributed by atoms with Crippen molar-refractivity contribution in [1.82, 2.24) is 14.5 Å². The summed E-state index contributed by atoms with van der Waals surface area (Å²) in [5.74, 6) is 0.700. The minimum Gasteiger partial charge on any atom is -0.278 e. The van der Waals surface area contributed by atoms with Crippen molar-refractivity contribution in [2.24, 2.45) is 0 Å². The van der Waals surface area contributed by atoms with Gasteiger partial charge in [-0.3, -0.25) is 4.57 Å². The second-order valence-electron chi connectivity index (χ2n) is 9.19. The lowest BCUT2D eigenvalue weighted by Gasteiger charge is -2.21. The second kappa shape index (κ2) is 6.04. The third-order valence-electron chi connectivity index (χ3n) is 7.08. The van der Waals surface area contributed by atoms with Crippen LogP contribution in [0.2, 0.25) is 0 Å². The average Bonchev–Trinajstić information content (AvgIpc) is 3.26. The van der Waals surface area contributed by atoms with Crippen molar-refractivity contribution in [2.45, 2.75) is 19.3 Å². The minimum absolute atomic E-state index is 0.000944. The molecule has 7 rings (SSSR count). The Hall–Kier alpha value is -3.98. The van der Waals surface area contributed by atoms with Crippen molar-refractivity contribution in [3.8, 4) is 17.1 Å². The van der Waals surface area contributed by atoms with Crippen LogP contribution in [0, 0.1) is 0 Å². The first kappa shape index (κ1) is 17.7. The number of aromatic nitrogens is 3. The van der Waals surface area contributed by atoms with Gasteiger partial charge in [0.1, 0.15) is 0 Å². The molecule has 0 aliphatic heterocycles. The number of benzene rings is 4. The van der Waals surface area contributed by atoms with Crippen LogP contribution in [0.15, 0.2) is 91.3 Å². The Morgan fingerprint density at radius 2 is 1.38 bits per heavy atom. The van der Waals surface area contributed by atoms with E-state index in [0.717, 1.165) is 11.0 Å². The Bertz CT molecular complexity index is 1690. The fourth-order valence-electron chi connectivity index (χ4n) is 5.53. The van der Waals surface area contributed by atoms with E-state index in [9.17, 15) is 0 Å². The summed E-state index contributed by atoms with van der Waals surface area (Å²) in [6.07, 6.45) is 3.60. The molecule has 6 aromatic rings. The Morgan fingerprint density at radius 1 is 0.625 bits per heavy atom. The molecule has 0 spiro atoms. The van der Waals surface area contributed by atoms with Crippen molar-refractivity contribution in [2.75, 3.05) is 0 Å². The number of fused-ring (bicyclic) bond motifs is 7. The zero-order chi connectivity index (χ0) is 21.4. The molecular formula is C29H21N3. The zero-order valence-corrected chi connectivity index (χ0v) is 18.0. The Labute approximate surface area is 186 Å². The predicted octanol–water partition coefficient (Wildman–Crippen LogP) is 7.03. The van der Waals surface area contributed by atoms with Crippen LogP contribution in [0.25, 0.3) is 49.7 Å². The van der Waals surface area contributed by atoms with Crippen LogP contribution in [0.5, 0.6) is 0 Å². The van der Waals surface area contributed by atoms with E-state index in [1.165, 1.54) is 43.8 Å². The predicted molar refractivity (Wildman–Crippen MR) is 131 cm³/mol. The van der Waals surface area contributed by atoms with E-state index in [2.05, 4.69) is 101 Å². The monoisotopic (exact) mass is 411 g/mol. The highest BCUT2D eigenvalue weighted by molar-refractivity contribution is 6.14. The molecule has 2 heterocycles. The van der Waals surface area contributed by atoms with Gasteiger partial charge in [0, 0.05) is 28.6 Å². The van der Waals surface area contributed by atoms with Crippen molar-refractivity contribution in [3.63, 3.8) is 0 Å². The summed E-state index contributed by atoms with van der Waals surface area (Å²) in [5.41, 5.74) is 7.76. The number of nitrogens with zero attached hydrogens (tertiary/aromatic N) is 3. The molecule has 1 aliphatic rings. The van der Waals surface area contributed by atoms with Gasteiger partial charge in [-0.25, -0.2) is 9.97 Å². The highest BCUT2D eigenvalue weighted by Crippen LogP contribution is 2.50. The fourth-order valence-corrected chi connectivity index (χ4v) is 5.53. The normalized spacial score (nSPS) is 14.2. The summed E-state index contributed by atoms with van der Waals surface area (Å²) in [7, 11) is 0. The number of hydrogen-bond donors (Lipinski definition) is 0. The molecule has 0 radical (unpaired) electrons. The number of hydrogen-bond acceptors (Lipinski definition) is 2. The molecule has 0 atom stereocenters. The summed E-state index contributed by atoms with van der Waals surface area (Å²) in [5, 5.41) is 4.96. The van der Waals surface area contributed by atoms with Crippen LogP contribution in [-0.4, -0.2) is 14.5 Å². The Morgan fingerprint density at radius 3 is 2.25 bits per heavy atom. The SMILES string of the molecule is CC1(C)c2ccccc2-c2cc3cc4c(cc3cc21)c1ccccc1n4-c1ncccn1. The molecule has 32 heavy (non-hydrogen) atoms. The van der Waals surface area contributed by atoms with Gasteiger partial charge in [-0.1, -0.05) is 56.3 Å². The zero-order valence-electron chi connectivity index (χ0n) is 18.0. The topological polar surface area (TPSA) is 30.7 Å². The summed E-state index contributed by atoms with van der Waals surface area (Å²) in [4.78, 5) is 9.12. The third kappa shape index (κ3) is 2.20. The highest BCUT2D eigenvalue weighted by atomic mass is 15.1. The maximum Gasteiger partial charge on any atom is 0.234 e. The molecule has 3 heteroatoms. The van der Waals surface area contributed by atoms with Gasteiger partial charge in [0.15, 0.2) is 0 Å².